The monoisotopic (exact) mass is 353 g/mol. The highest BCUT2D eigenvalue weighted by Gasteiger charge is 2.30. The van der Waals surface area contributed by atoms with Crippen LogP contribution in [0.2, 0.25) is 0 Å². The Morgan fingerprint density at radius 2 is 1.79 bits per heavy atom. The maximum atomic E-state index is 12.6. The molecule has 0 unspecified atom stereocenters. The Kier molecular flexibility index (Phi) is 5.66. The molecule has 3 nitrogen and oxygen atoms in total. The second-order valence-electron chi connectivity index (χ2n) is 5.00. The van der Waals surface area contributed by atoms with Crippen LogP contribution in [0.25, 0.3) is 0 Å². The highest BCUT2D eigenvalue weighted by atomic mass is 32.2. The number of thioether (sulfide) groups is 1. The molecule has 0 atom stereocenters. The normalized spacial score (nSPS) is 11.2. The van der Waals surface area contributed by atoms with Gasteiger partial charge >= 0.3 is 6.18 Å². The number of benzene rings is 2. The predicted molar refractivity (Wildman–Crippen MR) is 87.2 cm³/mol. The van der Waals surface area contributed by atoms with E-state index in [-0.39, 0.29) is 17.4 Å². The first-order chi connectivity index (χ1) is 11.3. The lowest BCUT2D eigenvalue weighted by Gasteiger charge is -2.09. The number of ketones is 1. The number of hydrogen-bond donors (Lipinski definition) is 1. The van der Waals surface area contributed by atoms with Gasteiger partial charge < -0.3 is 5.32 Å². The van der Waals surface area contributed by atoms with Crippen LogP contribution in [-0.4, -0.2) is 17.4 Å². The van der Waals surface area contributed by atoms with E-state index in [0.29, 0.717) is 16.1 Å². The molecule has 0 aliphatic rings. The van der Waals surface area contributed by atoms with E-state index in [1.54, 1.807) is 24.3 Å². The van der Waals surface area contributed by atoms with Gasteiger partial charge in [0, 0.05) is 16.1 Å². The fourth-order valence-corrected chi connectivity index (χ4v) is 2.68. The Labute approximate surface area is 141 Å². The SMILES string of the molecule is CC(=O)c1cccc(NC(=O)CSc2cccc(C(F)(F)F)c2)c1. The third-order valence-electron chi connectivity index (χ3n) is 3.08. The molecule has 1 N–H and O–H groups in total. The van der Waals surface area contributed by atoms with Gasteiger partial charge in [-0.15, -0.1) is 11.8 Å². The molecule has 126 valence electrons. The van der Waals surface area contributed by atoms with Gasteiger partial charge in [-0.25, -0.2) is 0 Å². The second-order valence-corrected chi connectivity index (χ2v) is 6.05. The van der Waals surface area contributed by atoms with Gasteiger partial charge in [-0.05, 0) is 37.3 Å². The van der Waals surface area contributed by atoms with Crippen LogP contribution in [-0.2, 0) is 11.0 Å². The van der Waals surface area contributed by atoms with Gasteiger partial charge in [0.2, 0.25) is 5.91 Å². The lowest BCUT2D eigenvalue weighted by atomic mass is 10.1. The average molecular weight is 353 g/mol. The fraction of sp³-hybridized carbons (Fsp3) is 0.176. The maximum Gasteiger partial charge on any atom is 0.416 e. The van der Waals surface area contributed by atoms with Crippen LogP contribution in [0.5, 0.6) is 0 Å². The van der Waals surface area contributed by atoms with Crippen molar-refractivity contribution < 1.29 is 22.8 Å². The first kappa shape index (κ1) is 18.1. The van der Waals surface area contributed by atoms with E-state index in [1.165, 1.54) is 19.1 Å². The number of carbonyl (C=O) groups is 2. The topological polar surface area (TPSA) is 46.2 Å². The number of hydrogen-bond acceptors (Lipinski definition) is 3. The standard InChI is InChI=1S/C17H14F3NO2S/c1-11(22)12-4-2-6-14(8-12)21-16(23)10-24-15-7-3-5-13(9-15)17(18,19)20/h2-9H,10H2,1H3,(H,21,23). The van der Waals surface area contributed by atoms with E-state index in [4.69, 9.17) is 0 Å². The molecule has 0 fully saturated rings. The van der Waals surface area contributed by atoms with Gasteiger partial charge in [0.15, 0.2) is 5.78 Å². The van der Waals surface area contributed by atoms with Crippen molar-refractivity contribution in [3.63, 3.8) is 0 Å². The summed E-state index contributed by atoms with van der Waals surface area (Å²) in [5, 5.41) is 2.62. The lowest BCUT2D eigenvalue weighted by Crippen LogP contribution is -2.14. The van der Waals surface area contributed by atoms with Crippen LogP contribution in [0.15, 0.2) is 53.4 Å². The Balaban J connectivity index is 1.96. The summed E-state index contributed by atoms with van der Waals surface area (Å²) in [6, 6.07) is 11.3. The predicted octanol–water partition coefficient (Wildman–Crippen LogP) is 4.64. The lowest BCUT2D eigenvalue weighted by molar-refractivity contribution is -0.137. The Hall–Kier alpha value is -2.28. The van der Waals surface area contributed by atoms with Crippen molar-refractivity contribution in [2.24, 2.45) is 0 Å². The Morgan fingerprint density at radius 1 is 1.08 bits per heavy atom. The molecule has 1 amide bonds. The van der Waals surface area contributed by atoms with E-state index < -0.39 is 11.7 Å². The number of halogens is 3. The molecule has 0 saturated heterocycles. The van der Waals surface area contributed by atoms with Gasteiger partial charge in [-0.2, -0.15) is 13.2 Å². The van der Waals surface area contributed by atoms with Crippen molar-refractivity contribution >= 4 is 29.1 Å². The Morgan fingerprint density at radius 3 is 2.46 bits per heavy atom. The molecule has 2 aromatic carbocycles. The van der Waals surface area contributed by atoms with Crippen LogP contribution in [0.3, 0.4) is 0 Å². The summed E-state index contributed by atoms with van der Waals surface area (Å²) in [4.78, 5) is 23.6. The third-order valence-corrected chi connectivity index (χ3v) is 4.08. The zero-order valence-electron chi connectivity index (χ0n) is 12.7. The van der Waals surface area contributed by atoms with Crippen molar-refractivity contribution in [1.82, 2.24) is 0 Å². The van der Waals surface area contributed by atoms with E-state index in [0.717, 1.165) is 23.9 Å². The van der Waals surface area contributed by atoms with Crippen molar-refractivity contribution in [3.8, 4) is 0 Å². The van der Waals surface area contributed by atoms with Crippen LogP contribution >= 0.6 is 11.8 Å². The fourth-order valence-electron chi connectivity index (χ4n) is 1.92. The summed E-state index contributed by atoms with van der Waals surface area (Å²) in [7, 11) is 0. The largest absolute Gasteiger partial charge is 0.416 e. The van der Waals surface area contributed by atoms with Gasteiger partial charge in [-0.3, -0.25) is 9.59 Å². The molecule has 24 heavy (non-hydrogen) atoms. The molecule has 0 aliphatic heterocycles. The molecule has 7 heteroatoms. The first-order valence-electron chi connectivity index (χ1n) is 6.96. The summed E-state index contributed by atoms with van der Waals surface area (Å²) in [5.41, 5.74) is 0.192. The molecule has 0 radical (unpaired) electrons. The summed E-state index contributed by atoms with van der Waals surface area (Å²) >= 11 is 1.01. The van der Waals surface area contributed by atoms with Crippen LogP contribution in [0.1, 0.15) is 22.8 Å². The van der Waals surface area contributed by atoms with Crippen molar-refractivity contribution in [3.05, 3.63) is 59.7 Å². The van der Waals surface area contributed by atoms with Gasteiger partial charge in [0.05, 0.1) is 11.3 Å². The molecule has 0 heterocycles. The molecule has 0 bridgehead atoms. The molecule has 2 rings (SSSR count). The third kappa shape index (κ3) is 5.13. The minimum absolute atomic E-state index is 0.0361. The average Bonchev–Trinajstić information content (AvgIpc) is 2.52. The van der Waals surface area contributed by atoms with Crippen molar-refractivity contribution in [1.29, 1.82) is 0 Å². The van der Waals surface area contributed by atoms with Crippen LogP contribution in [0, 0.1) is 0 Å². The summed E-state index contributed by atoms with van der Waals surface area (Å²) in [5.74, 6) is -0.520. The highest BCUT2D eigenvalue weighted by Crippen LogP contribution is 2.31. The number of alkyl halides is 3. The quantitative estimate of drug-likeness (QED) is 0.629. The minimum atomic E-state index is -4.41. The molecule has 0 aliphatic carbocycles. The van der Waals surface area contributed by atoms with E-state index in [1.807, 2.05) is 0 Å². The first-order valence-corrected chi connectivity index (χ1v) is 7.95. The molecular weight excluding hydrogens is 339 g/mol. The number of amides is 1. The van der Waals surface area contributed by atoms with E-state index in [2.05, 4.69) is 5.32 Å². The number of Topliss-reactive ketones (excluding diaryl/α,β-unsaturated/α-hetero) is 1. The number of rotatable bonds is 5. The van der Waals surface area contributed by atoms with E-state index in [9.17, 15) is 22.8 Å². The second kappa shape index (κ2) is 7.53. The van der Waals surface area contributed by atoms with Crippen LogP contribution in [0.4, 0.5) is 18.9 Å². The summed E-state index contributed by atoms with van der Waals surface area (Å²) < 4.78 is 37.9. The van der Waals surface area contributed by atoms with Gasteiger partial charge in [0.1, 0.15) is 0 Å². The maximum absolute atomic E-state index is 12.6. The van der Waals surface area contributed by atoms with Gasteiger partial charge in [-0.1, -0.05) is 18.2 Å². The number of nitrogens with one attached hydrogen (secondary N) is 1. The molecule has 0 saturated carbocycles. The van der Waals surface area contributed by atoms with E-state index >= 15 is 0 Å². The van der Waals surface area contributed by atoms with Crippen LogP contribution < -0.4 is 5.32 Å². The zero-order chi connectivity index (χ0) is 17.7. The zero-order valence-corrected chi connectivity index (χ0v) is 13.5. The Bertz CT molecular complexity index is 759. The highest BCUT2D eigenvalue weighted by molar-refractivity contribution is 8.00. The smallest absolute Gasteiger partial charge is 0.325 e. The molecule has 2 aromatic rings. The minimum Gasteiger partial charge on any atom is -0.325 e. The number of carbonyl (C=O) groups excluding carboxylic acids is 2. The summed E-state index contributed by atoms with van der Waals surface area (Å²) in [6.45, 7) is 1.42. The number of anilines is 1. The van der Waals surface area contributed by atoms with Crippen molar-refractivity contribution in [2.45, 2.75) is 18.0 Å². The molecule has 0 spiro atoms. The van der Waals surface area contributed by atoms with Gasteiger partial charge in [0.25, 0.3) is 0 Å². The van der Waals surface area contributed by atoms with Crippen molar-refractivity contribution in [2.75, 3.05) is 11.1 Å². The molecular formula is C17H14F3NO2S. The summed E-state index contributed by atoms with van der Waals surface area (Å²) in [6.07, 6.45) is -4.41. The molecule has 0 aromatic heterocycles.